The first-order valence-electron chi connectivity index (χ1n) is 10.0. The van der Waals surface area contributed by atoms with E-state index in [0.29, 0.717) is 5.92 Å². The Morgan fingerprint density at radius 1 is 1.23 bits per heavy atom. The summed E-state index contributed by atoms with van der Waals surface area (Å²) in [5.74, 6) is 3.37. The number of ether oxygens (including phenoxy) is 2. The zero-order valence-electron chi connectivity index (χ0n) is 16.2. The molecule has 1 aromatic rings. The number of methoxy groups -OCH3 is 1. The second kappa shape index (κ2) is 9.81. The number of nitrogens with one attached hydrogen (secondary N) is 1. The molecule has 2 aliphatic rings. The lowest BCUT2D eigenvalue weighted by molar-refractivity contribution is 0.123. The topological polar surface area (TPSA) is 46.1 Å². The molecule has 1 N–H and O–H groups in total. The highest BCUT2D eigenvalue weighted by Crippen LogP contribution is 2.29. The molecule has 1 saturated heterocycles. The molecule has 1 aromatic carbocycles. The fourth-order valence-corrected chi connectivity index (χ4v) is 3.41. The van der Waals surface area contributed by atoms with Crippen LogP contribution in [0.15, 0.2) is 29.3 Å². The maximum absolute atomic E-state index is 5.71. The van der Waals surface area contributed by atoms with Crippen LogP contribution in [0.4, 0.5) is 0 Å². The Labute approximate surface area is 157 Å². The predicted octanol–water partition coefficient (Wildman–Crippen LogP) is 3.27. The molecule has 144 valence electrons. The van der Waals surface area contributed by atoms with Gasteiger partial charge in [0.25, 0.3) is 0 Å². The van der Waals surface area contributed by atoms with Gasteiger partial charge in [-0.25, -0.2) is 0 Å². The smallest absolute Gasteiger partial charge is 0.193 e. The van der Waals surface area contributed by atoms with Gasteiger partial charge in [-0.2, -0.15) is 0 Å². The van der Waals surface area contributed by atoms with E-state index in [-0.39, 0.29) is 0 Å². The van der Waals surface area contributed by atoms with Gasteiger partial charge in [0, 0.05) is 45.3 Å². The molecule has 1 heterocycles. The molecule has 2 fully saturated rings. The quantitative estimate of drug-likeness (QED) is 0.418. The third kappa shape index (κ3) is 5.63. The van der Waals surface area contributed by atoms with Gasteiger partial charge in [0.2, 0.25) is 0 Å². The SMILES string of the molecule is CCNC(=NCCCOCC1CC1)N1CCC(c2ccc(OC)cc2)C1. The zero-order valence-corrected chi connectivity index (χ0v) is 16.2. The third-order valence-corrected chi connectivity index (χ3v) is 5.17. The number of hydrogen-bond acceptors (Lipinski definition) is 3. The molecule has 3 rings (SSSR count). The molecule has 5 nitrogen and oxygen atoms in total. The second-order valence-corrected chi connectivity index (χ2v) is 7.31. The van der Waals surface area contributed by atoms with Gasteiger partial charge < -0.3 is 19.7 Å². The Hall–Kier alpha value is -1.75. The lowest BCUT2D eigenvalue weighted by atomic mass is 9.98. The Morgan fingerprint density at radius 2 is 2.04 bits per heavy atom. The highest BCUT2D eigenvalue weighted by molar-refractivity contribution is 5.80. The Bertz CT molecular complexity index is 569. The van der Waals surface area contributed by atoms with E-state index in [1.165, 1.54) is 24.8 Å². The van der Waals surface area contributed by atoms with Gasteiger partial charge in [0.1, 0.15) is 5.75 Å². The number of aliphatic imine (C=N–C) groups is 1. The molecule has 1 aliphatic heterocycles. The van der Waals surface area contributed by atoms with Gasteiger partial charge >= 0.3 is 0 Å². The summed E-state index contributed by atoms with van der Waals surface area (Å²) in [6.07, 6.45) is 4.87. The molecule has 0 radical (unpaired) electrons. The van der Waals surface area contributed by atoms with Crippen molar-refractivity contribution >= 4 is 5.96 Å². The molecule has 5 heteroatoms. The van der Waals surface area contributed by atoms with Crippen molar-refractivity contribution in [2.75, 3.05) is 46.5 Å². The lowest BCUT2D eigenvalue weighted by Crippen LogP contribution is -2.40. The minimum atomic E-state index is 0.562. The maximum atomic E-state index is 5.71. The summed E-state index contributed by atoms with van der Waals surface area (Å²) < 4.78 is 11.0. The van der Waals surface area contributed by atoms with E-state index in [2.05, 4.69) is 41.4 Å². The molecular formula is C21H33N3O2. The number of likely N-dealkylation sites (tertiary alicyclic amines) is 1. The van der Waals surface area contributed by atoms with Crippen molar-refractivity contribution in [2.45, 2.75) is 38.5 Å². The summed E-state index contributed by atoms with van der Waals surface area (Å²) in [6, 6.07) is 8.49. The van der Waals surface area contributed by atoms with Crippen molar-refractivity contribution < 1.29 is 9.47 Å². The highest BCUT2D eigenvalue weighted by Gasteiger charge is 2.26. The Balaban J connectivity index is 1.46. The first-order valence-corrected chi connectivity index (χ1v) is 10.0. The number of guanidine groups is 1. The molecule has 1 atom stereocenters. The van der Waals surface area contributed by atoms with E-state index >= 15 is 0 Å². The minimum Gasteiger partial charge on any atom is -0.497 e. The highest BCUT2D eigenvalue weighted by atomic mass is 16.5. The van der Waals surface area contributed by atoms with Crippen LogP contribution >= 0.6 is 0 Å². The average Bonchev–Trinajstić information content (AvgIpc) is 3.37. The van der Waals surface area contributed by atoms with E-state index < -0.39 is 0 Å². The number of benzene rings is 1. The van der Waals surface area contributed by atoms with Gasteiger partial charge in [0.05, 0.1) is 7.11 Å². The molecule has 1 unspecified atom stereocenters. The standard InChI is InChI=1S/C21H33N3O2/c1-3-22-21(23-12-4-14-26-16-17-5-6-17)24-13-11-19(15-24)18-7-9-20(25-2)10-8-18/h7-10,17,19H,3-6,11-16H2,1-2H3,(H,22,23). The maximum Gasteiger partial charge on any atom is 0.193 e. The van der Waals surface area contributed by atoms with Crippen molar-refractivity contribution in [3.05, 3.63) is 29.8 Å². The van der Waals surface area contributed by atoms with E-state index in [9.17, 15) is 0 Å². The van der Waals surface area contributed by atoms with Crippen molar-refractivity contribution in [3.63, 3.8) is 0 Å². The summed E-state index contributed by atoms with van der Waals surface area (Å²) in [7, 11) is 1.71. The van der Waals surface area contributed by atoms with Crippen LogP contribution in [0.2, 0.25) is 0 Å². The van der Waals surface area contributed by atoms with Crippen molar-refractivity contribution in [2.24, 2.45) is 10.9 Å². The fraction of sp³-hybridized carbons (Fsp3) is 0.667. The van der Waals surface area contributed by atoms with Crippen molar-refractivity contribution in [1.29, 1.82) is 0 Å². The third-order valence-electron chi connectivity index (χ3n) is 5.17. The molecular weight excluding hydrogens is 326 g/mol. The van der Waals surface area contributed by atoms with Gasteiger partial charge in [-0.05, 0) is 56.2 Å². The molecule has 1 aliphatic carbocycles. The summed E-state index contributed by atoms with van der Waals surface area (Å²) in [4.78, 5) is 7.21. The summed E-state index contributed by atoms with van der Waals surface area (Å²) in [5.41, 5.74) is 1.39. The number of nitrogens with zero attached hydrogens (tertiary/aromatic N) is 2. The molecule has 1 saturated carbocycles. The van der Waals surface area contributed by atoms with E-state index in [1.54, 1.807) is 7.11 Å². The van der Waals surface area contributed by atoms with Crippen LogP contribution in [-0.4, -0.2) is 57.4 Å². The summed E-state index contributed by atoms with van der Waals surface area (Å²) >= 11 is 0. The van der Waals surface area contributed by atoms with Crippen LogP contribution < -0.4 is 10.1 Å². The van der Waals surface area contributed by atoms with Crippen LogP contribution in [0, 0.1) is 5.92 Å². The molecule has 0 bridgehead atoms. The van der Waals surface area contributed by atoms with Crippen LogP contribution in [0.1, 0.15) is 44.1 Å². The van der Waals surface area contributed by atoms with E-state index in [1.807, 2.05) is 0 Å². The molecule has 26 heavy (non-hydrogen) atoms. The van der Waals surface area contributed by atoms with Crippen molar-refractivity contribution in [1.82, 2.24) is 10.2 Å². The van der Waals surface area contributed by atoms with Gasteiger partial charge in [-0.3, -0.25) is 4.99 Å². The van der Waals surface area contributed by atoms with Crippen LogP contribution in [0.5, 0.6) is 5.75 Å². The minimum absolute atomic E-state index is 0.562. The van der Waals surface area contributed by atoms with E-state index in [4.69, 9.17) is 14.5 Å². The monoisotopic (exact) mass is 359 g/mol. The first kappa shape index (κ1) is 19.0. The average molecular weight is 360 g/mol. The van der Waals surface area contributed by atoms with Gasteiger partial charge in [-0.15, -0.1) is 0 Å². The van der Waals surface area contributed by atoms with Crippen molar-refractivity contribution in [3.8, 4) is 5.75 Å². The van der Waals surface area contributed by atoms with Crippen LogP contribution in [0.25, 0.3) is 0 Å². The number of rotatable bonds is 9. The predicted molar refractivity (Wildman–Crippen MR) is 106 cm³/mol. The molecule has 0 aromatic heterocycles. The fourth-order valence-electron chi connectivity index (χ4n) is 3.41. The van der Waals surface area contributed by atoms with E-state index in [0.717, 1.165) is 63.4 Å². The lowest BCUT2D eigenvalue weighted by Gasteiger charge is -2.22. The number of hydrogen-bond donors (Lipinski definition) is 1. The largest absolute Gasteiger partial charge is 0.497 e. The van der Waals surface area contributed by atoms with Crippen LogP contribution in [-0.2, 0) is 4.74 Å². The Morgan fingerprint density at radius 3 is 2.73 bits per heavy atom. The summed E-state index contributed by atoms with van der Waals surface area (Å²) in [6.45, 7) is 7.72. The Kier molecular flexibility index (Phi) is 7.18. The van der Waals surface area contributed by atoms with Crippen LogP contribution in [0.3, 0.4) is 0 Å². The normalized spacial score (nSPS) is 20.5. The first-order chi connectivity index (χ1) is 12.8. The summed E-state index contributed by atoms with van der Waals surface area (Å²) in [5, 5.41) is 3.45. The van der Waals surface area contributed by atoms with Gasteiger partial charge in [-0.1, -0.05) is 12.1 Å². The molecule has 0 spiro atoms. The zero-order chi connectivity index (χ0) is 18.2. The van der Waals surface area contributed by atoms with Gasteiger partial charge in [0.15, 0.2) is 5.96 Å². The second-order valence-electron chi connectivity index (χ2n) is 7.31. The molecule has 0 amide bonds.